The van der Waals surface area contributed by atoms with Gasteiger partial charge in [0.15, 0.2) is 0 Å². The van der Waals surface area contributed by atoms with E-state index in [1.165, 1.54) is 11.1 Å². The van der Waals surface area contributed by atoms with Crippen molar-refractivity contribution in [3.8, 4) is 0 Å². The average Bonchev–Trinajstić information content (AvgIpc) is 2.87. The van der Waals surface area contributed by atoms with Crippen molar-refractivity contribution in [2.24, 2.45) is 0 Å². The van der Waals surface area contributed by atoms with E-state index in [0.717, 1.165) is 25.5 Å². The summed E-state index contributed by atoms with van der Waals surface area (Å²) in [6.07, 6.45) is 8.20. The van der Waals surface area contributed by atoms with Crippen LogP contribution in [0.1, 0.15) is 82.1 Å². The van der Waals surface area contributed by atoms with Gasteiger partial charge in [-0.3, -0.25) is 0 Å². The van der Waals surface area contributed by atoms with Gasteiger partial charge < -0.3 is 18.6 Å². The van der Waals surface area contributed by atoms with Crippen molar-refractivity contribution < 1.29 is 18.6 Å². The SMILES string of the molecule is C/C(=C\CB1OC(C)(C)C(C)(C)O1)CC/C(C)=C/CB1OC(C)(C)C(C)(C)O1. The van der Waals surface area contributed by atoms with Gasteiger partial charge >= 0.3 is 14.2 Å². The third-order valence-electron chi connectivity index (χ3n) is 6.84. The molecule has 158 valence electrons. The van der Waals surface area contributed by atoms with Crippen molar-refractivity contribution in [3.05, 3.63) is 23.3 Å². The minimum Gasteiger partial charge on any atom is -0.403 e. The van der Waals surface area contributed by atoms with Crippen molar-refractivity contribution in [2.75, 3.05) is 0 Å². The highest BCUT2D eigenvalue weighted by Gasteiger charge is 2.51. The molecule has 0 aromatic rings. The van der Waals surface area contributed by atoms with Crippen LogP contribution in [0.15, 0.2) is 23.3 Å². The van der Waals surface area contributed by atoms with E-state index in [-0.39, 0.29) is 36.6 Å². The van der Waals surface area contributed by atoms with Gasteiger partial charge in [-0.05, 0) is 82.1 Å². The first-order chi connectivity index (χ1) is 12.7. The zero-order valence-corrected chi connectivity index (χ0v) is 19.8. The van der Waals surface area contributed by atoms with Crippen molar-refractivity contribution in [1.29, 1.82) is 0 Å². The van der Waals surface area contributed by atoms with E-state index in [0.29, 0.717) is 0 Å². The number of rotatable bonds is 7. The number of allylic oxidation sites excluding steroid dienone is 4. The number of hydrogen-bond acceptors (Lipinski definition) is 4. The molecule has 0 aromatic carbocycles. The van der Waals surface area contributed by atoms with Gasteiger partial charge in [0.2, 0.25) is 0 Å². The van der Waals surface area contributed by atoms with Gasteiger partial charge in [0.05, 0.1) is 22.4 Å². The Morgan fingerprint density at radius 3 is 1.07 bits per heavy atom. The highest BCUT2D eigenvalue weighted by atomic mass is 16.7. The molecule has 2 heterocycles. The van der Waals surface area contributed by atoms with E-state index >= 15 is 0 Å². The maximum atomic E-state index is 6.06. The van der Waals surface area contributed by atoms with Crippen molar-refractivity contribution in [3.63, 3.8) is 0 Å². The molecule has 28 heavy (non-hydrogen) atoms. The van der Waals surface area contributed by atoms with Crippen LogP contribution in [0.4, 0.5) is 0 Å². The lowest BCUT2D eigenvalue weighted by Gasteiger charge is -2.32. The summed E-state index contributed by atoms with van der Waals surface area (Å²) in [4.78, 5) is 0. The summed E-state index contributed by atoms with van der Waals surface area (Å²) in [6, 6.07) is 0. The molecule has 4 nitrogen and oxygen atoms in total. The van der Waals surface area contributed by atoms with Gasteiger partial charge in [-0.2, -0.15) is 0 Å². The third kappa shape index (κ3) is 5.53. The molecule has 0 bridgehead atoms. The zero-order chi connectivity index (χ0) is 21.4. The standard InChI is InChI=1S/C22H40B2O4/c1-17(13-15-23-25-19(3,4)20(5,6)26-23)11-12-18(2)14-16-24-27-21(7,8)22(9,10)28-24/h13-14H,11-12,15-16H2,1-10H3/b17-13+,18-14+. The quantitative estimate of drug-likeness (QED) is 0.404. The Morgan fingerprint density at radius 1 is 0.571 bits per heavy atom. The molecule has 0 saturated carbocycles. The minimum absolute atomic E-state index is 0.153. The number of hydrogen-bond donors (Lipinski definition) is 0. The summed E-state index contributed by atoms with van der Waals surface area (Å²) >= 11 is 0. The third-order valence-corrected chi connectivity index (χ3v) is 6.84. The lowest BCUT2D eigenvalue weighted by atomic mass is 9.83. The Bertz CT molecular complexity index is 534. The zero-order valence-electron chi connectivity index (χ0n) is 19.8. The molecule has 0 unspecified atom stereocenters. The summed E-state index contributed by atoms with van der Waals surface area (Å²) in [5.41, 5.74) is 1.72. The molecule has 0 amide bonds. The van der Waals surface area contributed by atoms with E-state index in [2.05, 4.69) is 81.4 Å². The fourth-order valence-electron chi connectivity index (χ4n) is 3.32. The summed E-state index contributed by atoms with van der Waals surface area (Å²) in [6.45, 7) is 21.1. The van der Waals surface area contributed by atoms with Gasteiger partial charge in [0.1, 0.15) is 0 Å². The lowest BCUT2D eigenvalue weighted by Crippen LogP contribution is -2.41. The first kappa shape index (κ1) is 23.7. The van der Waals surface area contributed by atoms with Crippen molar-refractivity contribution in [1.82, 2.24) is 0 Å². The first-order valence-electron chi connectivity index (χ1n) is 10.7. The Balaban J connectivity index is 1.76. The van der Waals surface area contributed by atoms with Crippen molar-refractivity contribution in [2.45, 2.75) is 117 Å². The van der Waals surface area contributed by atoms with Crippen molar-refractivity contribution >= 4 is 14.2 Å². The van der Waals surface area contributed by atoms with Crippen LogP contribution in [-0.2, 0) is 18.6 Å². The highest BCUT2D eigenvalue weighted by molar-refractivity contribution is 6.46. The summed E-state index contributed by atoms with van der Waals surface area (Å²) in [5, 5.41) is 0. The van der Waals surface area contributed by atoms with Gasteiger partial charge in [-0.15, -0.1) is 0 Å². The smallest absolute Gasteiger partial charge is 0.403 e. The predicted octanol–water partition coefficient (Wildman–Crippen LogP) is 5.84. The van der Waals surface area contributed by atoms with E-state index in [4.69, 9.17) is 18.6 Å². The molecule has 0 atom stereocenters. The molecule has 0 aliphatic carbocycles. The predicted molar refractivity (Wildman–Crippen MR) is 119 cm³/mol. The largest absolute Gasteiger partial charge is 0.461 e. The Hall–Kier alpha value is -0.550. The van der Waals surface area contributed by atoms with Crippen LogP contribution in [0.5, 0.6) is 0 Å². The van der Waals surface area contributed by atoms with Gasteiger partial charge in [-0.25, -0.2) is 0 Å². The second-order valence-corrected chi connectivity index (χ2v) is 10.4. The summed E-state index contributed by atoms with van der Waals surface area (Å²) in [5.74, 6) is 0. The van der Waals surface area contributed by atoms with Crippen LogP contribution in [0, 0.1) is 0 Å². The Morgan fingerprint density at radius 2 is 0.821 bits per heavy atom. The molecule has 6 heteroatoms. The monoisotopic (exact) mass is 390 g/mol. The molecule has 0 N–H and O–H groups in total. The van der Waals surface area contributed by atoms with Crippen LogP contribution in [0.2, 0.25) is 12.6 Å². The van der Waals surface area contributed by atoms with E-state index < -0.39 is 0 Å². The van der Waals surface area contributed by atoms with Crippen LogP contribution >= 0.6 is 0 Å². The minimum atomic E-state index is -0.258. The summed E-state index contributed by atoms with van der Waals surface area (Å²) in [7, 11) is -0.306. The fourth-order valence-corrected chi connectivity index (χ4v) is 3.32. The Labute approximate surface area is 173 Å². The van der Waals surface area contributed by atoms with Crippen LogP contribution in [-0.4, -0.2) is 36.6 Å². The second-order valence-electron chi connectivity index (χ2n) is 10.4. The van der Waals surface area contributed by atoms with Gasteiger partial charge in [-0.1, -0.05) is 23.3 Å². The highest BCUT2D eigenvalue weighted by Crippen LogP contribution is 2.39. The van der Waals surface area contributed by atoms with Crippen LogP contribution in [0.3, 0.4) is 0 Å². The molecule has 0 radical (unpaired) electrons. The molecule has 2 aliphatic rings. The maximum absolute atomic E-state index is 6.06. The average molecular weight is 390 g/mol. The normalized spacial score (nSPS) is 26.2. The molecule has 0 spiro atoms. The van der Waals surface area contributed by atoms with E-state index in [1.54, 1.807) is 0 Å². The second kappa shape index (κ2) is 8.29. The van der Waals surface area contributed by atoms with Gasteiger partial charge in [0.25, 0.3) is 0 Å². The molecular formula is C22H40B2O4. The van der Waals surface area contributed by atoms with Crippen LogP contribution < -0.4 is 0 Å². The molecule has 0 aromatic heterocycles. The maximum Gasteiger partial charge on any atom is 0.461 e. The topological polar surface area (TPSA) is 36.9 Å². The molecule has 2 rings (SSSR count). The Kier molecular flexibility index (Phi) is 7.03. The molecule has 2 aliphatic heterocycles. The molecule has 2 saturated heterocycles. The molecule has 2 fully saturated rings. The van der Waals surface area contributed by atoms with E-state index in [1.807, 2.05) is 0 Å². The molecular weight excluding hydrogens is 350 g/mol. The lowest BCUT2D eigenvalue weighted by molar-refractivity contribution is 0.00578. The first-order valence-corrected chi connectivity index (χ1v) is 10.7. The summed E-state index contributed by atoms with van der Waals surface area (Å²) < 4.78 is 24.3. The van der Waals surface area contributed by atoms with Crippen LogP contribution in [0.25, 0.3) is 0 Å². The van der Waals surface area contributed by atoms with Gasteiger partial charge in [0, 0.05) is 12.6 Å². The fraction of sp³-hybridized carbons (Fsp3) is 0.818. The van der Waals surface area contributed by atoms with E-state index in [9.17, 15) is 0 Å².